The first-order chi connectivity index (χ1) is 8.70. The lowest BCUT2D eigenvalue weighted by Crippen LogP contribution is -2.46. The average molecular weight is 266 g/mol. The molecule has 0 aromatic heterocycles. The second kappa shape index (κ2) is 5.69. The topological polar surface area (TPSA) is 81.5 Å². The van der Waals surface area contributed by atoms with Crippen molar-refractivity contribution in [1.29, 1.82) is 0 Å². The number of hydrogen-bond acceptors (Lipinski definition) is 4. The molecule has 0 saturated heterocycles. The third-order valence-corrected chi connectivity index (χ3v) is 2.23. The highest BCUT2D eigenvalue weighted by molar-refractivity contribution is 5.81. The summed E-state index contributed by atoms with van der Waals surface area (Å²) in [6, 6.07) is 5.98. The van der Waals surface area contributed by atoms with Gasteiger partial charge in [-0.05, 0) is 33.8 Å². The van der Waals surface area contributed by atoms with Crippen molar-refractivity contribution in [1.82, 2.24) is 5.32 Å². The Kier molecular flexibility index (Phi) is 4.47. The van der Waals surface area contributed by atoms with E-state index >= 15 is 0 Å². The molecule has 1 unspecified atom stereocenters. The Morgan fingerprint density at radius 2 is 1.95 bits per heavy atom. The van der Waals surface area contributed by atoms with Crippen LogP contribution in [0.2, 0.25) is 0 Å². The van der Waals surface area contributed by atoms with Gasteiger partial charge in [0.25, 0.3) is 5.91 Å². The van der Waals surface area contributed by atoms with E-state index < -0.39 is 11.0 Å². The largest absolute Gasteiger partial charge is 0.474 e. The van der Waals surface area contributed by atoms with Crippen LogP contribution in [0.5, 0.6) is 5.75 Å². The first-order valence-corrected chi connectivity index (χ1v) is 5.93. The predicted molar refractivity (Wildman–Crippen MR) is 71.1 cm³/mol. The lowest BCUT2D eigenvalue weighted by molar-refractivity contribution is -0.386. The molecule has 1 amide bonds. The van der Waals surface area contributed by atoms with Crippen LogP contribution in [0.1, 0.15) is 27.7 Å². The van der Waals surface area contributed by atoms with Crippen LogP contribution in [0.25, 0.3) is 0 Å². The summed E-state index contributed by atoms with van der Waals surface area (Å²) in [6.45, 7) is 7.10. The van der Waals surface area contributed by atoms with Crippen LogP contribution in [-0.2, 0) is 4.79 Å². The zero-order valence-electron chi connectivity index (χ0n) is 11.5. The number of hydrogen-bond donors (Lipinski definition) is 1. The molecule has 1 rings (SSSR count). The molecule has 0 fully saturated rings. The van der Waals surface area contributed by atoms with Crippen molar-refractivity contribution in [2.75, 3.05) is 0 Å². The van der Waals surface area contributed by atoms with Crippen LogP contribution < -0.4 is 10.1 Å². The second-order valence-electron chi connectivity index (χ2n) is 5.22. The second-order valence-corrected chi connectivity index (χ2v) is 5.22. The number of nitrogens with one attached hydrogen (secondary N) is 1. The van der Waals surface area contributed by atoms with E-state index in [2.05, 4.69) is 5.32 Å². The zero-order chi connectivity index (χ0) is 14.6. The molecule has 0 saturated carbocycles. The number of amides is 1. The van der Waals surface area contributed by atoms with E-state index in [1.165, 1.54) is 12.1 Å². The minimum absolute atomic E-state index is 0.0871. The molecule has 0 aliphatic rings. The summed E-state index contributed by atoms with van der Waals surface area (Å²) in [5.41, 5.74) is -0.532. The van der Waals surface area contributed by atoms with Gasteiger partial charge in [0, 0.05) is 11.6 Å². The van der Waals surface area contributed by atoms with Crippen molar-refractivity contribution in [2.45, 2.75) is 39.3 Å². The van der Waals surface area contributed by atoms with Crippen molar-refractivity contribution >= 4 is 11.6 Å². The van der Waals surface area contributed by atoms with Crippen molar-refractivity contribution < 1.29 is 14.5 Å². The highest BCUT2D eigenvalue weighted by Crippen LogP contribution is 2.26. The fraction of sp³-hybridized carbons (Fsp3) is 0.462. The van der Waals surface area contributed by atoms with Gasteiger partial charge in [-0.1, -0.05) is 12.1 Å². The standard InChI is InChI=1S/C13H18N2O4/c1-9(12(16)14-13(2,3)4)19-11-8-6-5-7-10(11)15(17)18/h5-9H,1-4H3,(H,14,16). The molecule has 1 aromatic rings. The van der Waals surface area contributed by atoms with Crippen LogP contribution in [0, 0.1) is 10.1 Å². The monoisotopic (exact) mass is 266 g/mol. The van der Waals surface area contributed by atoms with E-state index in [4.69, 9.17) is 4.74 Å². The minimum atomic E-state index is -0.805. The molecule has 0 heterocycles. The molecule has 0 aliphatic heterocycles. The van der Waals surface area contributed by atoms with Gasteiger partial charge in [-0.15, -0.1) is 0 Å². The van der Waals surface area contributed by atoms with Gasteiger partial charge in [0.2, 0.25) is 0 Å². The number of carbonyl (C=O) groups is 1. The molecular weight excluding hydrogens is 248 g/mol. The highest BCUT2D eigenvalue weighted by Gasteiger charge is 2.23. The normalized spacial score (nSPS) is 12.6. The third-order valence-electron chi connectivity index (χ3n) is 2.23. The van der Waals surface area contributed by atoms with Crippen LogP contribution >= 0.6 is 0 Å². The number of nitrogens with zero attached hydrogens (tertiary/aromatic N) is 1. The summed E-state index contributed by atoms with van der Waals surface area (Å²) in [7, 11) is 0. The van der Waals surface area contributed by atoms with Crippen molar-refractivity contribution in [3.05, 3.63) is 34.4 Å². The number of carbonyl (C=O) groups excluding carboxylic acids is 1. The fourth-order valence-electron chi connectivity index (χ4n) is 1.42. The molecule has 19 heavy (non-hydrogen) atoms. The quantitative estimate of drug-likeness (QED) is 0.669. The first kappa shape index (κ1) is 14.9. The Hall–Kier alpha value is -2.11. The Morgan fingerprint density at radius 3 is 2.47 bits per heavy atom. The van der Waals surface area contributed by atoms with E-state index in [-0.39, 0.29) is 22.9 Å². The van der Waals surface area contributed by atoms with Gasteiger partial charge in [0.15, 0.2) is 11.9 Å². The predicted octanol–water partition coefficient (Wildman–Crippen LogP) is 2.28. The van der Waals surface area contributed by atoms with Gasteiger partial charge in [-0.25, -0.2) is 0 Å². The van der Waals surface area contributed by atoms with Crippen LogP contribution in [-0.4, -0.2) is 22.5 Å². The molecule has 6 heteroatoms. The average Bonchev–Trinajstić information content (AvgIpc) is 2.27. The minimum Gasteiger partial charge on any atom is -0.474 e. The Morgan fingerprint density at radius 1 is 1.37 bits per heavy atom. The summed E-state index contributed by atoms with van der Waals surface area (Å²) in [6.07, 6.45) is -0.805. The zero-order valence-corrected chi connectivity index (χ0v) is 11.5. The molecule has 1 N–H and O–H groups in total. The number of para-hydroxylation sites is 2. The van der Waals surface area contributed by atoms with Crippen LogP contribution in [0.15, 0.2) is 24.3 Å². The van der Waals surface area contributed by atoms with Gasteiger partial charge in [0.1, 0.15) is 0 Å². The number of rotatable bonds is 4. The maximum Gasteiger partial charge on any atom is 0.310 e. The number of nitro benzene ring substituents is 1. The van der Waals surface area contributed by atoms with Crippen molar-refractivity contribution in [3.63, 3.8) is 0 Å². The van der Waals surface area contributed by atoms with Gasteiger partial charge < -0.3 is 10.1 Å². The molecule has 0 bridgehead atoms. The van der Waals surface area contributed by atoms with Crippen LogP contribution in [0.4, 0.5) is 5.69 Å². The van der Waals surface area contributed by atoms with E-state index in [0.717, 1.165) is 0 Å². The van der Waals surface area contributed by atoms with E-state index in [9.17, 15) is 14.9 Å². The van der Waals surface area contributed by atoms with Crippen molar-refractivity contribution in [3.8, 4) is 5.75 Å². The SMILES string of the molecule is CC(Oc1ccccc1[N+](=O)[O-])C(=O)NC(C)(C)C. The molecule has 104 valence electrons. The number of nitro groups is 1. The molecule has 0 spiro atoms. The smallest absolute Gasteiger partial charge is 0.310 e. The van der Waals surface area contributed by atoms with Gasteiger partial charge in [-0.2, -0.15) is 0 Å². The molecule has 0 radical (unpaired) electrons. The maximum absolute atomic E-state index is 11.8. The number of ether oxygens (including phenoxy) is 1. The fourth-order valence-corrected chi connectivity index (χ4v) is 1.42. The maximum atomic E-state index is 11.8. The lowest BCUT2D eigenvalue weighted by atomic mass is 10.1. The Labute approximate surface area is 111 Å². The lowest BCUT2D eigenvalue weighted by Gasteiger charge is -2.23. The van der Waals surface area contributed by atoms with Gasteiger partial charge in [-0.3, -0.25) is 14.9 Å². The number of benzene rings is 1. The summed E-state index contributed by atoms with van der Waals surface area (Å²) < 4.78 is 5.36. The molecular formula is C13H18N2O4. The molecule has 0 aliphatic carbocycles. The van der Waals surface area contributed by atoms with E-state index in [1.54, 1.807) is 19.1 Å². The van der Waals surface area contributed by atoms with Gasteiger partial charge >= 0.3 is 5.69 Å². The Bertz CT molecular complexity index is 480. The van der Waals surface area contributed by atoms with Crippen molar-refractivity contribution in [2.24, 2.45) is 0 Å². The highest BCUT2D eigenvalue weighted by atomic mass is 16.6. The summed E-state index contributed by atoms with van der Waals surface area (Å²) in [4.78, 5) is 22.1. The summed E-state index contributed by atoms with van der Waals surface area (Å²) >= 11 is 0. The first-order valence-electron chi connectivity index (χ1n) is 5.93. The molecule has 6 nitrogen and oxygen atoms in total. The summed E-state index contributed by atoms with van der Waals surface area (Å²) in [5.74, 6) is -0.227. The van der Waals surface area contributed by atoms with E-state index in [1.807, 2.05) is 20.8 Å². The Balaban J connectivity index is 2.80. The molecule has 1 aromatic carbocycles. The van der Waals surface area contributed by atoms with Gasteiger partial charge in [0.05, 0.1) is 4.92 Å². The third kappa shape index (κ3) is 4.57. The van der Waals surface area contributed by atoms with E-state index in [0.29, 0.717) is 0 Å². The van der Waals surface area contributed by atoms with Crippen LogP contribution in [0.3, 0.4) is 0 Å². The summed E-state index contributed by atoms with van der Waals surface area (Å²) in [5, 5.41) is 13.6. The molecule has 1 atom stereocenters.